The largest absolute Gasteiger partial charge is 0.353 e. The Labute approximate surface area is 115 Å². The lowest BCUT2D eigenvalue weighted by Crippen LogP contribution is -2.46. The minimum absolute atomic E-state index is 0.204. The van der Waals surface area contributed by atoms with Gasteiger partial charge in [0.25, 0.3) is 0 Å². The van der Waals surface area contributed by atoms with Crippen molar-refractivity contribution in [2.75, 3.05) is 6.54 Å². The van der Waals surface area contributed by atoms with Gasteiger partial charge < -0.3 is 10.6 Å². The fourth-order valence-electron chi connectivity index (χ4n) is 2.66. The topological polar surface area (TPSA) is 41.1 Å². The van der Waals surface area contributed by atoms with Gasteiger partial charge in [0.15, 0.2) is 0 Å². The van der Waals surface area contributed by atoms with Gasteiger partial charge in [0.05, 0.1) is 0 Å². The van der Waals surface area contributed by atoms with Gasteiger partial charge in [0.2, 0.25) is 5.91 Å². The zero-order valence-electron chi connectivity index (χ0n) is 11.7. The Balaban J connectivity index is 1.64. The van der Waals surface area contributed by atoms with Crippen LogP contribution in [0.2, 0.25) is 0 Å². The lowest BCUT2D eigenvalue weighted by molar-refractivity contribution is -0.122. The molecule has 0 aliphatic carbocycles. The Hall–Kier alpha value is -1.35. The standard InChI is InChI=1S/C16H24N2O/c1-13-12-15(10-11-17-13)18-16(19)9-5-8-14-6-3-2-4-7-14/h2-4,6-7,13,15,17H,5,8-12H2,1H3,(H,18,19). The molecular formula is C16H24N2O. The van der Waals surface area contributed by atoms with Crippen molar-refractivity contribution in [3.05, 3.63) is 35.9 Å². The van der Waals surface area contributed by atoms with Gasteiger partial charge in [-0.2, -0.15) is 0 Å². The van der Waals surface area contributed by atoms with E-state index in [1.165, 1.54) is 5.56 Å². The fraction of sp³-hybridized carbons (Fsp3) is 0.562. The molecule has 0 saturated carbocycles. The maximum absolute atomic E-state index is 11.9. The van der Waals surface area contributed by atoms with E-state index in [-0.39, 0.29) is 5.91 Å². The molecule has 0 aromatic heterocycles. The Morgan fingerprint density at radius 1 is 1.37 bits per heavy atom. The minimum atomic E-state index is 0.204. The first-order valence-corrected chi connectivity index (χ1v) is 7.30. The summed E-state index contributed by atoms with van der Waals surface area (Å²) < 4.78 is 0. The lowest BCUT2D eigenvalue weighted by Gasteiger charge is -2.28. The molecule has 2 N–H and O–H groups in total. The molecule has 2 rings (SSSR count). The van der Waals surface area contributed by atoms with Crippen molar-refractivity contribution in [1.29, 1.82) is 0 Å². The van der Waals surface area contributed by atoms with Crippen molar-refractivity contribution in [2.24, 2.45) is 0 Å². The smallest absolute Gasteiger partial charge is 0.220 e. The summed E-state index contributed by atoms with van der Waals surface area (Å²) in [5.74, 6) is 0.204. The van der Waals surface area contributed by atoms with E-state index in [4.69, 9.17) is 0 Å². The van der Waals surface area contributed by atoms with Crippen LogP contribution < -0.4 is 10.6 Å². The van der Waals surface area contributed by atoms with Crippen LogP contribution in [0.3, 0.4) is 0 Å². The summed E-state index contributed by atoms with van der Waals surface area (Å²) in [5.41, 5.74) is 1.31. The van der Waals surface area contributed by atoms with E-state index >= 15 is 0 Å². The molecule has 2 unspecified atom stereocenters. The number of benzene rings is 1. The number of carbonyl (C=O) groups is 1. The van der Waals surface area contributed by atoms with Crippen molar-refractivity contribution in [3.63, 3.8) is 0 Å². The Bertz CT molecular complexity index is 391. The summed E-state index contributed by atoms with van der Waals surface area (Å²) in [6.45, 7) is 3.18. The molecule has 3 nitrogen and oxygen atoms in total. The highest BCUT2D eigenvalue weighted by molar-refractivity contribution is 5.76. The molecule has 1 fully saturated rings. The predicted octanol–water partition coefficient (Wildman–Crippen LogP) is 2.27. The van der Waals surface area contributed by atoms with Gasteiger partial charge >= 0.3 is 0 Å². The average molecular weight is 260 g/mol. The normalized spacial score (nSPS) is 23.0. The Morgan fingerprint density at radius 2 is 2.16 bits per heavy atom. The third-order valence-electron chi connectivity index (χ3n) is 3.70. The second kappa shape index (κ2) is 7.29. The highest BCUT2D eigenvalue weighted by atomic mass is 16.1. The summed E-state index contributed by atoms with van der Waals surface area (Å²) in [6.07, 6.45) is 4.64. The van der Waals surface area contributed by atoms with Crippen LogP contribution in [-0.4, -0.2) is 24.5 Å². The first-order chi connectivity index (χ1) is 9.24. The highest BCUT2D eigenvalue weighted by Crippen LogP contribution is 2.09. The third-order valence-corrected chi connectivity index (χ3v) is 3.70. The summed E-state index contributed by atoms with van der Waals surface area (Å²) >= 11 is 0. The summed E-state index contributed by atoms with van der Waals surface area (Å²) in [4.78, 5) is 11.9. The van der Waals surface area contributed by atoms with Crippen LogP contribution in [0, 0.1) is 0 Å². The molecule has 0 radical (unpaired) electrons. The van der Waals surface area contributed by atoms with Gasteiger partial charge in [-0.3, -0.25) is 4.79 Å². The summed E-state index contributed by atoms with van der Waals surface area (Å²) in [6, 6.07) is 11.2. The second-order valence-electron chi connectivity index (χ2n) is 5.48. The maximum atomic E-state index is 11.9. The molecule has 1 aliphatic heterocycles. The van der Waals surface area contributed by atoms with Crippen molar-refractivity contribution in [1.82, 2.24) is 10.6 Å². The molecule has 2 atom stereocenters. The fourth-order valence-corrected chi connectivity index (χ4v) is 2.66. The van der Waals surface area contributed by atoms with Gasteiger partial charge in [-0.15, -0.1) is 0 Å². The predicted molar refractivity (Wildman–Crippen MR) is 78.0 cm³/mol. The van der Waals surface area contributed by atoms with E-state index < -0.39 is 0 Å². The Morgan fingerprint density at radius 3 is 2.89 bits per heavy atom. The molecule has 0 bridgehead atoms. The molecule has 1 amide bonds. The number of hydrogen-bond donors (Lipinski definition) is 2. The van der Waals surface area contributed by atoms with Crippen molar-refractivity contribution in [3.8, 4) is 0 Å². The third kappa shape index (κ3) is 5.03. The first-order valence-electron chi connectivity index (χ1n) is 7.30. The van der Waals surface area contributed by atoms with Gasteiger partial charge in [0.1, 0.15) is 0 Å². The molecular weight excluding hydrogens is 236 g/mol. The maximum Gasteiger partial charge on any atom is 0.220 e. The zero-order chi connectivity index (χ0) is 13.5. The van der Waals surface area contributed by atoms with Crippen molar-refractivity contribution < 1.29 is 4.79 Å². The molecule has 0 spiro atoms. The molecule has 1 aromatic rings. The molecule has 1 heterocycles. The molecule has 19 heavy (non-hydrogen) atoms. The monoisotopic (exact) mass is 260 g/mol. The van der Waals surface area contributed by atoms with E-state index in [1.54, 1.807) is 0 Å². The SMILES string of the molecule is CC1CC(NC(=O)CCCc2ccccc2)CCN1. The van der Waals surface area contributed by atoms with E-state index in [9.17, 15) is 4.79 Å². The van der Waals surface area contributed by atoms with E-state index in [0.717, 1.165) is 32.2 Å². The van der Waals surface area contributed by atoms with E-state index in [0.29, 0.717) is 18.5 Å². The van der Waals surface area contributed by atoms with Crippen LogP contribution in [0.4, 0.5) is 0 Å². The number of amides is 1. The highest BCUT2D eigenvalue weighted by Gasteiger charge is 2.19. The van der Waals surface area contributed by atoms with E-state index in [1.807, 2.05) is 18.2 Å². The quantitative estimate of drug-likeness (QED) is 0.852. The number of hydrogen-bond acceptors (Lipinski definition) is 2. The molecule has 3 heteroatoms. The van der Waals surface area contributed by atoms with Crippen LogP contribution in [0.5, 0.6) is 0 Å². The van der Waals surface area contributed by atoms with Gasteiger partial charge in [-0.05, 0) is 44.7 Å². The van der Waals surface area contributed by atoms with Crippen LogP contribution in [0.25, 0.3) is 0 Å². The average Bonchev–Trinajstić information content (AvgIpc) is 2.40. The van der Waals surface area contributed by atoms with Gasteiger partial charge in [0, 0.05) is 18.5 Å². The molecule has 1 aromatic carbocycles. The second-order valence-corrected chi connectivity index (χ2v) is 5.48. The zero-order valence-corrected chi connectivity index (χ0v) is 11.7. The summed E-state index contributed by atoms with van der Waals surface area (Å²) in [5, 5.41) is 6.56. The number of piperidine rings is 1. The van der Waals surface area contributed by atoms with Crippen molar-refractivity contribution in [2.45, 2.75) is 51.1 Å². The Kier molecular flexibility index (Phi) is 5.40. The number of carbonyl (C=O) groups excluding carboxylic acids is 1. The van der Waals surface area contributed by atoms with E-state index in [2.05, 4.69) is 29.7 Å². The molecule has 1 aliphatic rings. The minimum Gasteiger partial charge on any atom is -0.353 e. The van der Waals surface area contributed by atoms with Gasteiger partial charge in [-0.25, -0.2) is 0 Å². The molecule has 104 valence electrons. The first kappa shape index (κ1) is 14.1. The van der Waals surface area contributed by atoms with Gasteiger partial charge in [-0.1, -0.05) is 30.3 Å². The number of nitrogens with one attached hydrogen (secondary N) is 2. The number of rotatable bonds is 5. The van der Waals surface area contributed by atoms with Crippen molar-refractivity contribution >= 4 is 5.91 Å². The van der Waals surface area contributed by atoms with Crippen LogP contribution >= 0.6 is 0 Å². The van der Waals surface area contributed by atoms with Crippen LogP contribution in [-0.2, 0) is 11.2 Å². The lowest BCUT2D eigenvalue weighted by atomic mass is 10.0. The number of aryl methyl sites for hydroxylation is 1. The molecule has 1 saturated heterocycles. The van der Waals surface area contributed by atoms with Crippen LogP contribution in [0.1, 0.15) is 38.2 Å². The van der Waals surface area contributed by atoms with Crippen LogP contribution in [0.15, 0.2) is 30.3 Å². The summed E-state index contributed by atoms with van der Waals surface area (Å²) in [7, 11) is 0.